The number of rotatable bonds is 5. The first-order valence-electron chi connectivity index (χ1n) is 25.8. The molecule has 0 aromatic rings. The molecule has 0 heterocycles. The van der Waals surface area contributed by atoms with E-state index in [4.69, 9.17) is 0 Å². The van der Waals surface area contributed by atoms with E-state index in [2.05, 4.69) is 76.2 Å². The van der Waals surface area contributed by atoms with E-state index in [1.54, 1.807) is 0 Å². The molecule has 4 unspecified atom stereocenters. The van der Waals surface area contributed by atoms with Gasteiger partial charge in [0.2, 0.25) is 0 Å². The lowest BCUT2D eigenvalue weighted by molar-refractivity contribution is -0.267. The van der Waals surface area contributed by atoms with Crippen LogP contribution in [0.25, 0.3) is 0 Å². The van der Waals surface area contributed by atoms with Gasteiger partial charge in [-0.15, -0.1) is 0 Å². The van der Waals surface area contributed by atoms with Crippen LogP contribution < -0.4 is 0 Å². The molecule has 9 aliphatic carbocycles. The molecule has 5 heteroatoms. The van der Waals surface area contributed by atoms with Crippen molar-refractivity contribution < 1.29 is 25.2 Å². The topological polar surface area (TPSA) is 98.0 Å². The fourth-order valence-corrected chi connectivity index (χ4v) is 21.9. The number of hydrogen-bond donors (Lipinski definition) is 4. The van der Waals surface area contributed by atoms with Gasteiger partial charge in [0, 0.05) is 6.42 Å². The summed E-state index contributed by atoms with van der Waals surface area (Å²) in [5.41, 5.74) is 1.46. The smallest absolute Gasteiger partial charge is 0.303 e. The minimum Gasteiger partial charge on any atom is -0.481 e. The first kappa shape index (κ1) is 43.6. The zero-order valence-corrected chi connectivity index (χ0v) is 39.7. The molecule has 0 radical (unpaired) electrons. The van der Waals surface area contributed by atoms with E-state index in [1.165, 1.54) is 64.2 Å². The summed E-state index contributed by atoms with van der Waals surface area (Å²) in [5.74, 6) is 6.46. The molecular weight excluding hydrogens is 729 g/mol. The van der Waals surface area contributed by atoms with Gasteiger partial charge in [-0.25, -0.2) is 0 Å². The lowest BCUT2D eigenvalue weighted by atomic mass is 9.30. The average Bonchev–Trinajstić information content (AvgIpc) is 3.52. The van der Waals surface area contributed by atoms with Crippen LogP contribution >= 0.6 is 0 Å². The minimum atomic E-state index is -0.733. The first-order chi connectivity index (χ1) is 27.5. The molecule has 0 spiro atoms. The van der Waals surface area contributed by atoms with E-state index in [0.29, 0.717) is 45.8 Å². The second kappa shape index (κ2) is 14.2. The van der Waals surface area contributed by atoms with Gasteiger partial charge in [0.1, 0.15) is 0 Å². The highest BCUT2D eigenvalue weighted by Gasteiger charge is 2.73. The van der Waals surface area contributed by atoms with Crippen LogP contribution in [0.4, 0.5) is 0 Å². The largest absolute Gasteiger partial charge is 0.481 e. The quantitative estimate of drug-likeness (QED) is 0.221. The van der Waals surface area contributed by atoms with Crippen LogP contribution in [0.3, 0.4) is 0 Å². The van der Waals surface area contributed by atoms with E-state index in [9.17, 15) is 25.2 Å². The van der Waals surface area contributed by atoms with E-state index >= 15 is 0 Å². The van der Waals surface area contributed by atoms with E-state index < -0.39 is 18.2 Å². The molecule has 5 nitrogen and oxygen atoms in total. The maximum atomic E-state index is 12.5. The fraction of sp³-hybridized carbons (Fsp3) is 0.981. The average molecular weight is 819 g/mol. The van der Waals surface area contributed by atoms with Gasteiger partial charge in [-0.3, -0.25) is 4.79 Å². The maximum Gasteiger partial charge on any atom is 0.303 e. The maximum absolute atomic E-state index is 12.5. The summed E-state index contributed by atoms with van der Waals surface area (Å²) in [7, 11) is 0. The van der Waals surface area contributed by atoms with Gasteiger partial charge in [0.05, 0.1) is 18.3 Å². The van der Waals surface area contributed by atoms with Gasteiger partial charge in [-0.05, 0) is 230 Å². The first-order valence-corrected chi connectivity index (χ1v) is 25.8. The number of carboxylic acids is 1. The molecule has 0 bridgehead atoms. The van der Waals surface area contributed by atoms with Crippen molar-refractivity contribution in [2.75, 3.05) is 0 Å². The Labute approximate surface area is 360 Å². The van der Waals surface area contributed by atoms with Gasteiger partial charge in [0.15, 0.2) is 0 Å². The Morgan fingerprint density at radius 3 is 2.07 bits per heavy atom. The number of carbonyl (C=O) groups is 1. The van der Waals surface area contributed by atoms with Crippen LogP contribution in [0.5, 0.6) is 0 Å². The predicted octanol–water partition coefficient (Wildman–Crippen LogP) is 12.0. The van der Waals surface area contributed by atoms with Gasteiger partial charge in [0.25, 0.3) is 0 Å². The highest BCUT2D eigenvalue weighted by Crippen LogP contribution is 2.79. The summed E-state index contributed by atoms with van der Waals surface area (Å²) < 4.78 is 0. The van der Waals surface area contributed by atoms with Crippen LogP contribution in [0.2, 0.25) is 0 Å². The molecule has 4 N–H and O–H groups in total. The molecule has 0 aromatic heterocycles. The molecule has 9 saturated carbocycles. The summed E-state index contributed by atoms with van der Waals surface area (Å²) in [5, 5.41) is 46.1. The molecular formula is C54H90O5. The summed E-state index contributed by atoms with van der Waals surface area (Å²) in [6, 6.07) is 0. The van der Waals surface area contributed by atoms with Crippen LogP contribution in [0, 0.1) is 121 Å². The second-order valence-corrected chi connectivity index (χ2v) is 26.8. The van der Waals surface area contributed by atoms with Crippen molar-refractivity contribution in [1.82, 2.24) is 0 Å². The summed E-state index contributed by atoms with van der Waals surface area (Å²) in [4.78, 5) is 11.6. The van der Waals surface area contributed by atoms with E-state index in [-0.39, 0.29) is 64.3 Å². The Balaban J connectivity index is 1.01. The van der Waals surface area contributed by atoms with Crippen molar-refractivity contribution in [3.8, 4) is 0 Å². The molecule has 23 atom stereocenters. The van der Waals surface area contributed by atoms with Crippen molar-refractivity contribution in [2.45, 2.75) is 210 Å². The molecule has 9 rings (SSSR count). The van der Waals surface area contributed by atoms with Crippen molar-refractivity contribution >= 4 is 5.97 Å². The molecule has 336 valence electrons. The SMILES string of the molecule is C[C@@H]1[C@H]2[C@H]3CCC4[C@@]5(C)CCC(C6C[C@@H](O)C[C@H]7C[C@@H](O)[C@@H]8[C@H](C[C@H](O)[C@]9(C)[C@@H]([C@H](C)CCC(=O)O)CC[C@@H]89)[C@@]67C)C(C)(C)C5CC[C@@]4(C)[C@]3(C)CC[C@@]2(C)CC[C@H]1C. The second-order valence-electron chi connectivity index (χ2n) is 26.8. The lowest BCUT2D eigenvalue weighted by Crippen LogP contribution is -2.68. The molecule has 0 saturated heterocycles. The highest BCUT2D eigenvalue weighted by atomic mass is 16.4. The standard InChI is InChI=1S/C54H90O5/c1-30-18-21-49(6)24-25-51(8)38(47(49)32(30)3)15-16-43-50(7)22-19-36(48(4,5)42(50)20-23-52(43,51)9)39-28-34(55)26-33-27-41(56)46-37-14-13-35(31(2)12-17-45(58)59)54(37,11)44(57)29-40(46)53(33,39)10/h30-44,46-47,55-57H,12-29H2,1-11H3,(H,58,59)/t30-,31-,32+,33+,34+,35-,36?,37+,38-,39?,40+,41-,42?,43?,44+,46+,47+,49-,50+,51-,52-,53-,54-/m1/s1. The molecule has 9 fully saturated rings. The Kier molecular flexibility index (Phi) is 10.5. The van der Waals surface area contributed by atoms with Crippen LogP contribution in [-0.4, -0.2) is 44.7 Å². The Bertz CT molecular complexity index is 1620. The van der Waals surface area contributed by atoms with Crippen LogP contribution in [-0.2, 0) is 4.79 Å². The van der Waals surface area contributed by atoms with Crippen LogP contribution in [0.1, 0.15) is 192 Å². The summed E-state index contributed by atoms with van der Waals surface area (Å²) in [6.07, 6.45) is 18.7. The molecule has 9 aliphatic rings. The van der Waals surface area contributed by atoms with Gasteiger partial charge >= 0.3 is 5.97 Å². The molecule has 0 amide bonds. The number of aliphatic hydroxyl groups excluding tert-OH is 3. The molecule has 0 aromatic carbocycles. The zero-order valence-electron chi connectivity index (χ0n) is 39.7. The molecule has 59 heavy (non-hydrogen) atoms. The Hall–Kier alpha value is -0.650. The Morgan fingerprint density at radius 1 is 0.644 bits per heavy atom. The number of aliphatic carboxylic acids is 1. The lowest BCUT2D eigenvalue weighted by Gasteiger charge is -2.75. The van der Waals surface area contributed by atoms with Gasteiger partial charge in [-0.2, -0.15) is 0 Å². The third-order valence-corrected chi connectivity index (χ3v) is 25.2. The number of aliphatic hydroxyl groups is 3. The zero-order chi connectivity index (χ0) is 42.6. The van der Waals surface area contributed by atoms with Gasteiger partial charge in [-0.1, -0.05) is 76.2 Å². The van der Waals surface area contributed by atoms with Crippen molar-refractivity contribution in [3.05, 3.63) is 0 Å². The number of hydrogen-bond acceptors (Lipinski definition) is 4. The predicted molar refractivity (Wildman–Crippen MR) is 237 cm³/mol. The number of fused-ring (bicyclic) bond motifs is 12. The summed E-state index contributed by atoms with van der Waals surface area (Å²) >= 11 is 0. The number of carboxylic acid groups (broad SMARTS) is 1. The third-order valence-electron chi connectivity index (χ3n) is 25.2. The van der Waals surface area contributed by atoms with Crippen molar-refractivity contribution in [2.24, 2.45) is 121 Å². The van der Waals surface area contributed by atoms with Crippen molar-refractivity contribution in [3.63, 3.8) is 0 Å². The van der Waals surface area contributed by atoms with Crippen LogP contribution in [0.15, 0.2) is 0 Å². The van der Waals surface area contributed by atoms with Crippen molar-refractivity contribution in [1.29, 1.82) is 0 Å². The summed E-state index contributed by atoms with van der Waals surface area (Å²) in [6.45, 7) is 28.8. The monoisotopic (exact) mass is 819 g/mol. The molecule has 0 aliphatic heterocycles. The third kappa shape index (κ3) is 5.78. The van der Waals surface area contributed by atoms with E-state index in [0.717, 1.165) is 68.1 Å². The minimum absolute atomic E-state index is 0.0363. The van der Waals surface area contributed by atoms with E-state index in [1.807, 2.05) is 0 Å². The Morgan fingerprint density at radius 2 is 1.36 bits per heavy atom. The normalized spacial score (nSPS) is 59.4. The van der Waals surface area contributed by atoms with Gasteiger partial charge < -0.3 is 20.4 Å². The fourth-order valence-electron chi connectivity index (χ4n) is 21.9. The highest BCUT2D eigenvalue weighted by molar-refractivity contribution is 5.66.